The number of rotatable bonds is 3. The molecule has 3 atom stereocenters. The van der Waals surface area contributed by atoms with Crippen molar-refractivity contribution >= 4 is 17.0 Å². The van der Waals surface area contributed by atoms with Crippen molar-refractivity contribution in [2.45, 2.75) is 39.0 Å². The minimum Gasteiger partial charge on any atom is -0.389 e. The molecule has 1 fully saturated rings. The second-order valence-corrected chi connectivity index (χ2v) is 4.82. The number of hydrogen-bond acceptors (Lipinski definition) is 5. The van der Waals surface area contributed by atoms with Crippen LogP contribution in [0.1, 0.15) is 32.9 Å². The minimum absolute atomic E-state index is 0. The molecule has 2 N–H and O–H groups in total. The fraction of sp³-hybridized carbons (Fsp3) is 0.538. The van der Waals surface area contributed by atoms with Gasteiger partial charge in [0.05, 0.1) is 6.33 Å². The summed E-state index contributed by atoms with van der Waals surface area (Å²) in [5.74, 6) is 0.882. The predicted molar refractivity (Wildman–Crippen MR) is 72.0 cm³/mol. The number of imidazole rings is 1. The Morgan fingerprint density at radius 1 is 1.30 bits per heavy atom. The summed E-state index contributed by atoms with van der Waals surface area (Å²) in [5.41, 5.74) is 7.15. The molecular weight excluding hydrogens is 331 g/mol. The van der Waals surface area contributed by atoms with Crippen molar-refractivity contribution in [3.63, 3.8) is 0 Å². The maximum absolute atomic E-state index is 6.07. The molecule has 0 saturated carbocycles. The van der Waals surface area contributed by atoms with Crippen molar-refractivity contribution in [2.24, 2.45) is 5.92 Å². The van der Waals surface area contributed by atoms with Crippen LogP contribution in [0, 0.1) is 12.3 Å². The molecule has 0 amide bonds. The van der Waals surface area contributed by atoms with E-state index >= 15 is 0 Å². The van der Waals surface area contributed by atoms with Crippen molar-refractivity contribution in [3.8, 4) is 0 Å². The van der Waals surface area contributed by atoms with Gasteiger partial charge < -0.3 is 15.0 Å². The molecule has 0 aliphatic carbocycles. The second kappa shape index (κ2) is 6.45. The Bertz CT molecular complexity index is 575. The van der Waals surface area contributed by atoms with Gasteiger partial charge in [0.15, 0.2) is 11.5 Å². The molecule has 6 nitrogen and oxygen atoms in total. The van der Waals surface area contributed by atoms with Gasteiger partial charge in [-0.25, -0.2) is 15.0 Å². The van der Waals surface area contributed by atoms with Gasteiger partial charge in [-0.3, -0.25) is 6.42 Å². The number of nitrogens with two attached hydrogens (primary N) is 1. The maximum Gasteiger partial charge on any atom is 0.165 e. The van der Waals surface area contributed by atoms with Crippen LogP contribution in [-0.2, 0) is 37.4 Å². The molecule has 2 aromatic rings. The van der Waals surface area contributed by atoms with E-state index < -0.39 is 0 Å². The number of anilines is 1. The normalized spacial score (nSPS) is 25.8. The van der Waals surface area contributed by atoms with Crippen LogP contribution in [0.25, 0.3) is 11.2 Å². The summed E-state index contributed by atoms with van der Waals surface area (Å²) in [6, 6.07) is 0. The monoisotopic (exact) mass is 349 g/mol. The second-order valence-electron chi connectivity index (χ2n) is 4.82. The molecular formula is C13H18N5OY-. The number of hydrogen-bond donors (Lipinski definition) is 1. The molecule has 1 radical (unpaired) electrons. The number of ether oxygens (including phenoxy) is 1. The fourth-order valence-corrected chi connectivity index (χ4v) is 2.67. The Morgan fingerprint density at radius 2 is 2.10 bits per heavy atom. The maximum atomic E-state index is 6.07. The summed E-state index contributed by atoms with van der Waals surface area (Å²) >= 11 is 0. The molecule has 7 heteroatoms. The zero-order valence-electron chi connectivity index (χ0n) is 11.7. The molecule has 3 rings (SSSR count). The van der Waals surface area contributed by atoms with E-state index in [-0.39, 0.29) is 45.0 Å². The van der Waals surface area contributed by atoms with E-state index in [1.807, 2.05) is 4.57 Å². The number of nitrogens with zero attached hydrogens (tertiary/aromatic N) is 4. The Hall–Kier alpha value is -0.586. The van der Waals surface area contributed by atoms with E-state index in [1.165, 1.54) is 6.33 Å². The van der Waals surface area contributed by atoms with E-state index in [4.69, 9.17) is 10.5 Å². The van der Waals surface area contributed by atoms with Gasteiger partial charge in [-0.1, -0.05) is 20.3 Å². The van der Waals surface area contributed by atoms with Gasteiger partial charge >= 0.3 is 0 Å². The first-order chi connectivity index (χ1) is 9.24. The summed E-state index contributed by atoms with van der Waals surface area (Å²) in [6.45, 7) is 4.33. The van der Waals surface area contributed by atoms with Crippen LogP contribution < -0.4 is 5.73 Å². The molecule has 1 saturated heterocycles. The number of aromatic nitrogens is 4. The van der Waals surface area contributed by atoms with E-state index in [1.54, 1.807) is 6.33 Å². The first-order valence-corrected chi connectivity index (χ1v) is 6.68. The molecule has 0 aromatic carbocycles. The molecule has 20 heavy (non-hydrogen) atoms. The predicted octanol–water partition coefficient (Wildman–Crippen LogP) is 1.94. The molecule has 1 aliphatic rings. The van der Waals surface area contributed by atoms with Gasteiger partial charge in [-0.15, -0.1) is 5.92 Å². The van der Waals surface area contributed by atoms with Crippen LogP contribution in [0.15, 0.2) is 12.7 Å². The summed E-state index contributed by atoms with van der Waals surface area (Å²) in [5, 5.41) is 0. The largest absolute Gasteiger partial charge is 0.389 e. The van der Waals surface area contributed by atoms with Crippen molar-refractivity contribution in [2.75, 3.05) is 5.73 Å². The van der Waals surface area contributed by atoms with Crippen molar-refractivity contribution in [1.29, 1.82) is 0 Å². The smallest absolute Gasteiger partial charge is 0.165 e. The van der Waals surface area contributed by atoms with Crippen LogP contribution in [-0.4, -0.2) is 25.6 Å². The van der Waals surface area contributed by atoms with Gasteiger partial charge in [0, 0.05) is 45.0 Å². The van der Waals surface area contributed by atoms with E-state index in [9.17, 15) is 0 Å². The van der Waals surface area contributed by atoms with E-state index in [0.29, 0.717) is 17.3 Å². The minimum atomic E-state index is -0.116. The van der Waals surface area contributed by atoms with Gasteiger partial charge in [-0.2, -0.15) is 0 Å². The van der Waals surface area contributed by atoms with Gasteiger partial charge in [0.25, 0.3) is 0 Å². The van der Waals surface area contributed by atoms with Gasteiger partial charge in [-0.05, 0) is 6.42 Å². The van der Waals surface area contributed by atoms with Crippen molar-refractivity contribution in [1.82, 2.24) is 19.5 Å². The summed E-state index contributed by atoms with van der Waals surface area (Å²) < 4.78 is 7.99. The standard InChI is InChI=1S/C13H18N5O.Y/c1-3-8-5-10(19-9(8)4-2)18-7-17-11-12(14)15-6-16-13(11)18;/h5-10H,3-4H2,1-2H3,(H2,14,15,16);/q-1;/t8?,9-,10-;/m1./s1. The van der Waals surface area contributed by atoms with Crippen molar-refractivity contribution in [3.05, 3.63) is 19.1 Å². The SMILES string of the molecule is CCC1[CH-][C@H](n2cnc3c(N)ncnc32)O[C@@H]1CC.[Y]. The average Bonchev–Trinajstić information content (AvgIpc) is 3.02. The number of fused-ring (bicyclic) bond motifs is 1. The van der Waals surface area contributed by atoms with Gasteiger partial charge in [0.2, 0.25) is 0 Å². The first-order valence-electron chi connectivity index (χ1n) is 6.68. The first kappa shape index (κ1) is 15.8. The zero-order chi connectivity index (χ0) is 13.4. The summed E-state index contributed by atoms with van der Waals surface area (Å²) in [7, 11) is 0. The van der Waals surface area contributed by atoms with Crippen LogP contribution in [0.5, 0.6) is 0 Å². The summed E-state index contributed by atoms with van der Waals surface area (Å²) in [6.07, 6.45) is 7.66. The van der Waals surface area contributed by atoms with E-state index in [2.05, 4.69) is 35.2 Å². The molecule has 1 unspecified atom stereocenters. The molecule has 0 spiro atoms. The molecule has 3 heterocycles. The average molecular weight is 349 g/mol. The summed E-state index contributed by atoms with van der Waals surface area (Å²) in [4.78, 5) is 12.5. The van der Waals surface area contributed by atoms with E-state index in [0.717, 1.165) is 18.5 Å². The molecule has 2 aromatic heterocycles. The molecule has 0 bridgehead atoms. The van der Waals surface area contributed by atoms with Crippen LogP contribution >= 0.6 is 0 Å². The quantitative estimate of drug-likeness (QED) is 0.857. The molecule has 105 valence electrons. The van der Waals surface area contributed by atoms with Crippen LogP contribution in [0.4, 0.5) is 5.82 Å². The zero-order valence-corrected chi connectivity index (χ0v) is 14.6. The third-order valence-electron chi connectivity index (χ3n) is 3.74. The third-order valence-corrected chi connectivity index (χ3v) is 3.74. The topological polar surface area (TPSA) is 78.9 Å². The Balaban J connectivity index is 0.00000147. The Labute approximate surface area is 143 Å². The van der Waals surface area contributed by atoms with Crippen molar-refractivity contribution < 1.29 is 37.4 Å². The van der Waals surface area contributed by atoms with Crippen LogP contribution in [0.2, 0.25) is 0 Å². The Morgan fingerprint density at radius 3 is 2.75 bits per heavy atom. The fourth-order valence-electron chi connectivity index (χ4n) is 2.67. The third kappa shape index (κ3) is 2.61. The molecule has 1 aliphatic heterocycles. The Kier molecular flexibility index (Phi) is 5.10. The van der Waals surface area contributed by atoms with Gasteiger partial charge in [0.1, 0.15) is 11.8 Å². The number of nitrogen functional groups attached to an aromatic ring is 1. The van der Waals surface area contributed by atoms with Crippen LogP contribution in [0.3, 0.4) is 0 Å².